The highest BCUT2D eigenvalue weighted by Crippen LogP contribution is 2.26. The number of nitrogens with zero attached hydrogens (tertiary/aromatic N) is 1. The molecule has 1 fully saturated rings. The maximum atomic E-state index is 12.7. The SMILES string of the molecule is Cc1ccc(S(=O)(=O)N2CCC(C(C)N)CC2)c(C)c1.Cl. The maximum absolute atomic E-state index is 12.7. The summed E-state index contributed by atoms with van der Waals surface area (Å²) in [6.07, 6.45) is 1.70. The molecule has 1 saturated heterocycles. The Labute approximate surface area is 134 Å². The monoisotopic (exact) mass is 332 g/mol. The van der Waals surface area contributed by atoms with Crippen LogP contribution >= 0.6 is 12.4 Å². The zero-order chi connectivity index (χ0) is 14.9. The van der Waals surface area contributed by atoms with Gasteiger partial charge in [-0.2, -0.15) is 4.31 Å². The Morgan fingerprint density at radius 1 is 1.24 bits per heavy atom. The number of rotatable bonds is 3. The standard InChI is InChI=1S/C15H24N2O2S.ClH/c1-11-4-5-15(12(2)10-11)20(18,19)17-8-6-14(7-9-17)13(3)16;/h4-5,10,13-14H,6-9,16H2,1-3H3;1H. The van der Waals surface area contributed by atoms with Crippen molar-refractivity contribution in [2.45, 2.75) is 44.6 Å². The Morgan fingerprint density at radius 2 is 1.81 bits per heavy atom. The molecule has 1 atom stereocenters. The minimum atomic E-state index is -3.37. The average molecular weight is 333 g/mol. The Balaban J connectivity index is 0.00000220. The van der Waals surface area contributed by atoms with Crippen LogP contribution in [0.3, 0.4) is 0 Å². The third-order valence-corrected chi connectivity index (χ3v) is 6.25. The van der Waals surface area contributed by atoms with Gasteiger partial charge in [0.05, 0.1) is 4.90 Å². The van der Waals surface area contributed by atoms with Crippen LogP contribution in [0.5, 0.6) is 0 Å². The predicted octanol–water partition coefficient (Wildman–Crippen LogP) is 2.47. The first kappa shape index (κ1) is 18.4. The maximum Gasteiger partial charge on any atom is 0.243 e. The van der Waals surface area contributed by atoms with Gasteiger partial charge in [0.1, 0.15) is 0 Å². The van der Waals surface area contributed by atoms with Gasteiger partial charge < -0.3 is 5.73 Å². The van der Waals surface area contributed by atoms with Crippen LogP contribution in [-0.2, 0) is 10.0 Å². The Hall–Kier alpha value is -0.620. The minimum Gasteiger partial charge on any atom is -0.328 e. The Bertz CT molecular complexity index is 579. The molecule has 120 valence electrons. The van der Waals surface area contributed by atoms with Gasteiger partial charge in [-0.25, -0.2) is 8.42 Å². The van der Waals surface area contributed by atoms with Gasteiger partial charge in [0.2, 0.25) is 10.0 Å². The van der Waals surface area contributed by atoms with Crippen LogP contribution in [0.2, 0.25) is 0 Å². The summed E-state index contributed by atoms with van der Waals surface area (Å²) in [5.41, 5.74) is 7.81. The summed E-state index contributed by atoms with van der Waals surface area (Å²) in [7, 11) is -3.37. The van der Waals surface area contributed by atoms with Gasteiger partial charge in [0.15, 0.2) is 0 Å². The average Bonchev–Trinajstić information content (AvgIpc) is 2.38. The van der Waals surface area contributed by atoms with Crippen molar-refractivity contribution in [2.24, 2.45) is 11.7 Å². The normalized spacial score (nSPS) is 19.0. The molecule has 6 heteroatoms. The summed E-state index contributed by atoms with van der Waals surface area (Å²) < 4.78 is 27.0. The van der Waals surface area contributed by atoms with Gasteiger partial charge in [0.25, 0.3) is 0 Å². The van der Waals surface area contributed by atoms with Crippen molar-refractivity contribution in [3.05, 3.63) is 29.3 Å². The number of sulfonamides is 1. The fraction of sp³-hybridized carbons (Fsp3) is 0.600. The first-order chi connectivity index (χ1) is 9.32. The van der Waals surface area contributed by atoms with E-state index < -0.39 is 10.0 Å². The molecule has 0 saturated carbocycles. The van der Waals surface area contributed by atoms with E-state index in [0.717, 1.165) is 24.0 Å². The molecule has 1 aliphatic heterocycles. The molecule has 0 spiro atoms. The Morgan fingerprint density at radius 3 is 2.29 bits per heavy atom. The van der Waals surface area contributed by atoms with E-state index in [2.05, 4.69) is 0 Å². The highest BCUT2D eigenvalue weighted by atomic mass is 35.5. The van der Waals surface area contributed by atoms with Crippen LogP contribution < -0.4 is 5.73 Å². The number of nitrogens with two attached hydrogens (primary N) is 1. The molecule has 0 aromatic heterocycles. The van der Waals surface area contributed by atoms with Gasteiger partial charge in [0, 0.05) is 19.1 Å². The van der Waals surface area contributed by atoms with E-state index in [1.54, 1.807) is 10.4 Å². The van der Waals surface area contributed by atoms with Crippen molar-refractivity contribution in [3.63, 3.8) is 0 Å². The van der Waals surface area contributed by atoms with E-state index in [1.165, 1.54) is 0 Å². The molecular weight excluding hydrogens is 308 g/mol. The van der Waals surface area contributed by atoms with E-state index in [9.17, 15) is 8.42 Å². The highest BCUT2D eigenvalue weighted by molar-refractivity contribution is 7.89. The number of hydrogen-bond acceptors (Lipinski definition) is 3. The van der Waals surface area contributed by atoms with Crippen molar-refractivity contribution in [2.75, 3.05) is 13.1 Å². The van der Waals surface area contributed by atoms with Crippen molar-refractivity contribution >= 4 is 22.4 Å². The molecule has 1 heterocycles. The molecule has 0 radical (unpaired) electrons. The second-order valence-corrected chi connectivity index (χ2v) is 7.78. The quantitative estimate of drug-likeness (QED) is 0.924. The second kappa shape index (κ2) is 7.09. The molecular formula is C15H25ClN2O2S. The topological polar surface area (TPSA) is 63.4 Å². The van der Waals surface area contributed by atoms with Crippen LogP contribution in [-0.4, -0.2) is 31.9 Å². The second-order valence-electron chi connectivity index (χ2n) is 5.87. The molecule has 21 heavy (non-hydrogen) atoms. The van der Waals surface area contributed by atoms with E-state index in [-0.39, 0.29) is 18.4 Å². The third kappa shape index (κ3) is 3.97. The number of benzene rings is 1. The molecule has 2 rings (SSSR count). The minimum absolute atomic E-state index is 0. The first-order valence-electron chi connectivity index (χ1n) is 7.15. The van der Waals surface area contributed by atoms with Crippen molar-refractivity contribution in [3.8, 4) is 0 Å². The van der Waals surface area contributed by atoms with Gasteiger partial charge in [-0.05, 0) is 51.2 Å². The number of hydrogen-bond donors (Lipinski definition) is 1. The number of aryl methyl sites for hydroxylation is 2. The zero-order valence-electron chi connectivity index (χ0n) is 12.9. The van der Waals surface area contributed by atoms with Crippen LogP contribution in [0, 0.1) is 19.8 Å². The lowest BCUT2D eigenvalue weighted by Crippen LogP contribution is -2.42. The molecule has 0 aliphatic carbocycles. The van der Waals surface area contributed by atoms with E-state index in [1.807, 2.05) is 32.9 Å². The number of piperidine rings is 1. The number of halogens is 1. The largest absolute Gasteiger partial charge is 0.328 e. The van der Waals surface area contributed by atoms with Crippen LogP contribution in [0.15, 0.2) is 23.1 Å². The smallest absolute Gasteiger partial charge is 0.243 e. The molecule has 2 N–H and O–H groups in total. The molecule has 1 aromatic rings. The fourth-order valence-corrected chi connectivity index (χ4v) is 4.55. The third-order valence-electron chi connectivity index (χ3n) is 4.19. The van der Waals surface area contributed by atoms with Crippen molar-refractivity contribution in [1.29, 1.82) is 0 Å². The molecule has 1 aliphatic rings. The lowest BCUT2D eigenvalue weighted by molar-refractivity contribution is 0.250. The summed E-state index contributed by atoms with van der Waals surface area (Å²) in [4.78, 5) is 0.433. The Kier molecular flexibility index (Phi) is 6.23. The lowest BCUT2D eigenvalue weighted by Gasteiger charge is -2.33. The van der Waals surface area contributed by atoms with Crippen LogP contribution in [0.1, 0.15) is 30.9 Å². The van der Waals surface area contributed by atoms with Gasteiger partial charge in [-0.15, -0.1) is 12.4 Å². The summed E-state index contributed by atoms with van der Waals surface area (Å²) >= 11 is 0. The summed E-state index contributed by atoms with van der Waals surface area (Å²) in [6, 6.07) is 5.63. The zero-order valence-corrected chi connectivity index (χ0v) is 14.5. The van der Waals surface area contributed by atoms with Crippen molar-refractivity contribution in [1.82, 2.24) is 4.31 Å². The van der Waals surface area contributed by atoms with Gasteiger partial charge in [-0.1, -0.05) is 17.7 Å². The summed E-state index contributed by atoms with van der Waals surface area (Å²) in [5, 5.41) is 0. The fourth-order valence-electron chi connectivity index (χ4n) is 2.87. The predicted molar refractivity (Wildman–Crippen MR) is 88.3 cm³/mol. The van der Waals surface area contributed by atoms with Gasteiger partial charge in [-0.3, -0.25) is 0 Å². The van der Waals surface area contributed by atoms with E-state index >= 15 is 0 Å². The summed E-state index contributed by atoms with van der Waals surface area (Å²) in [5.74, 6) is 0.431. The first-order valence-corrected chi connectivity index (χ1v) is 8.59. The van der Waals surface area contributed by atoms with E-state index in [0.29, 0.717) is 23.9 Å². The molecule has 4 nitrogen and oxygen atoms in total. The molecule has 1 aromatic carbocycles. The van der Waals surface area contributed by atoms with Crippen LogP contribution in [0.25, 0.3) is 0 Å². The van der Waals surface area contributed by atoms with Crippen LogP contribution in [0.4, 0.5) is 0 Å². The highest BCUT2D eigenvalue weighted by Gasteiger charge is 2.31. The van der Waals surface area contributed by atoms with Crippen molar-refractivity contribution < 1.29 is 8.42 Å². The molecule has 1 unspecified atom stereocenters. The lowest BCUT2D eigenvalue weighted by atomic mass is 9.92. The van der Waals surface area contributed by atoms with Gasteiger partial charge >= 0.3 is 0 Å². The molecule has 0 bridgehead atoms. The summed E-state index contributed by atoms with van der Waals surface area (Å²) in [6.45, 7) is 6.97. The van der Waals surface area contributed by atoms with E-state index in [4.69, 9.17) is 5.73 Å². The molecule has 0 amide bonds.